The number of nitrogens with two attached hydrogens (primary N) is 1. The lowest BCUT2D eigenvalue weighted by molar-refractivity contribution is 0.303. The quantitative estimate of drug-likeness (QED) is 0.910. The minimum absolute atomic E-state index is 0.219. The Labute approximate surface area is 112 Å². The van der Waals surface area contributed by atoms with Crippen LogP contribution >= 0.6 is 0 Å². The topological polar surface area (TPSA) is 35.2 Å². The molecule has 0 unspecified atom stereocenters. The van der Waals surface area contributed by atoms with Gasteiger partial charge >= 0.3 is 0 Å². The van der Waals surface area contributed by atoms with E-state index in [9.17, 15) is 4.39 Å². The van der Waals surface area contributed by atoms with Crippen molar-refractivity contribution in [2.75, 3.05) is 0 Å². The van der Waals surface area contributed by atoms with E-state index in [1.165, 1.54) is 6.07 Å². The minimum atomic E-state index is -0.256. The van der Waals surface area contributed by atoms with E-state index in [2.05, 4.69) is 0 Å². The summed E-state index contributed by atoms with van der Waals surface area (Å²) in [4.78, 5) is 0. The molecule has 3 heteroatoms. The van der Waals surface area contributed by atoms with Crippen molar-refractivity contribution >= 4 is 0 Å². The smallest absolute Gasteiger partial charge is 0.128 e. The van der Waals surface area contributed by atoms with Crippen LogP contribution in [0.25, 0.3) is 11.1 Å². The Hall–Kier alpha value is -1.87. The molecule has 98 valence electrons. The van der Waals surface area contributed by atoms with Crippen molar-refractivity contribution in [3.8, 4) is 16.9 Å². The molecule has 0 amide bonds. The molecule has 19 heavy (non-hydrogen) atoms. The van der Waals surface area contributed by atoms with E-state index < -0.39 is 0 Å². The van der Waals surface area contributed by atoms with Gasteiger partial charge in [-0.15, -0.1) is 0 Å². The normalized spacial score (nSPS) is 14.4. The van der Waals surface area contributed by atoms with Gasteiger partial charge in [0.15, 0.2) is 0 Å². The lowest BCUT2D eigenvalue weighted by atomic mass is 10.0. The fourth-order valence-corrected chi connectivity index (χ4v) is 2.02. The molecule has 2 nitrogen and oxygen atoms in total. The highest BCUT2D eigenvalue weighted by Crippen LogP contribution is 2.30. The lowest BCUT2D eigenvalue weighted by Gasteiger charge is -2.08. The fourth-order valence-electron chi connectivity index (χ4n) is 2.02. The molecule has 0 heterocycles. The van der Waals surface area contributed by atoms with Gasteiger partial charge in [0.2, 0.25) is 0 Å². The summed E-state index contributed by atoms with van der Waals surface area (Å²) in [5.74, 6) is 0.594. The standard InChI is InChI=1S/C16H16FNO/c17-16-9-12(4-5-13(16)10-18)11-2-1-3-15(8-11)19-14-6-7-14/h1-5,8-9,14H,6-7,10,18H2. The van der Waals surface area contributed by atoms with Crippen LogP contribution in [0.15, 0.2) is 42.5 Å². The lowest BCUT2D eigenvalue weighted by Crippen LogP contribution is -1.99. The second-order valence-corrected chi connectivity index (χ2v) is 4.86. The van der Waals surface area contributed by atoms with Crippen molar-refractivity contribution in [3.63, 3.8) is 0 Å². The molecule has 1 aliphatic carbocycles. The maximum Gasteiger partial charge on any atom is 0.128 e. The Morgan fingerprint density at radius 2 is 1.89 bits per heavy atom. The molecule has 0 saturated heterocycles. The summed E-state index contributed by atoms with van der Waals surface area (Å²) in [6.45, 7) is 0.219. The highest BCUT2D eigenvalue weighted by molar-refractivity contribution is 5.65. The molecule has 0 bridgehead atoms. The molecule has 2 aromatic carbocycles. The Balaban J connectivity index is 1.89. The second kappa shape index (κ2) is 5.02. The number of halogens is 1. The van der Waals surface area contributed by atoms with Gasteiger partial charge in [0.05, 0.1) is 6.10 Å². The van der Waals surface area contributed by atoms with Gasteiger partial charge in [0.1, 0.15) is 11.6 Å². The molecule has 0 aromatic heterocycles. The third-order valence-electron chi connectivity index (χ3n) is 3.27. The number of ether oxygens (including phenoxy) is 1. The zero-order valence-corrected chi connectivity index (χ0v) is 10.6. The van der Waals surface area contributed by atoms with Gasteiger partial charge in [-0.1, -0.05) is 24.3 Å². The van der Waals surface area contributed by atoms with Crippen LogP contribution in [-0.4, -0.2) is 6.10 Å². The van der Waals surface area contributed by atoms with Gasteiger partial charge in [-0.05, 0) is 42.2 Å². The Kier molecular flexibility index (Phi) is 3.22. The summed E-state index contributed by atoms with van der Waals surface area (Å²) >= 11 is 0. The highest BCUT2D eigenvalue weighted by Gasteiger charge is 2.23. The zero-order chi connectivity index (χ0) is 13.2. The van der Waals surface area contributed by atoms with Crippen LogP contribution in [0, 0.1) is 5.82 Å². The number of rotatable bonds is 4. The average Bonchev–Trinajstić information content (AvgIpc) is 3.23. The van der Waals surface area contributed by atoms with Crippen molar-refractivity contribution in [3.05, 3.63) is 53.8 Å². The number of hydrogen-bond acceptors (Lipinski definition) is 2. The van der Waals surface area contributed by atoms with E-state index in [0.717, 1.165) is 29.7 Å². The van der Waals surface area contributed by atoms with Gasteiger partial charge in [-0.25, -0.2) is 4.39 Å². The monoisotopic (exact) mass is 257 g/mol. The van der Waals surface area contributed by atoms with Crippen LogP contribution in [0.5, 0.6) is 5.75 Å². The Bertz CT molecular complexity index is 593. The molecule has 0 aliphatic heterocycles. The molecule has 1 aliphatic rings. The molecule has 0 spiro atoms. The van der Waals surface area contributed by atoms with Crippen LogP contribution in [0.2, 0.25) is 0 Å². The maximum absolute atomic E-state index is 13.7. The summed E-state index contributed by atoms with van der Waals surface area (Å²) in [5.41, 5.74) is 7.80. The van der Waals surface area contributed by atoms with Crippen molar-refractivity contribution < 1.29 is 9.13 Å². The largest absolute Gasteiger partial charge is 0.490 e. The summed E-state index contributed by atoms with van der Waals surface area (Å²) < 4.78 is 19.5. The Morgan fingerprint density at radius 1 is 1.11 bits per heavy atom. The van der Waals surface area contributed by atoms with E-state index in [0.29, 0.717) is 11.7 Å². The van der Waals surface area contributed by atoms with Gasteiger partial charge in [-0.2, -0.15) is 0 Å². The van der Waals surface area contributed by atoms with E-state index in [1.807, 2.05) is 30.3 Å². The molecular weight excluding hydrogens is 241 g/mol. The first kappa shape index (κ1) is 12.2. The SMILES string of the molecule is NCc1ccc(-c2cccc(OC3CC3)c2)cc1F. The van der Waals surface area contributed by atoms with Crippen molar-refractivity contribution in [1.29, 1.82) is 0 Å². The van der Waals surface area contributed by atoms with Gasteiger partial charge in [0.25, 0.3) is 0 Å². The molecule has 3 rings (SSSR count). The minimum Gasteiger partial charge on any atom is -0.490 e. The zero-order valence-electron chi connectivity index (χ0n) is 10.6. The average molecular weight is 257 g/mol. The van der Waals surface area contributed by atoms with E-state index in [1.54, 1.807) is 6.07 Å². The van der Waals surface area contributed by atoms with E-state index in [-0.39, 0.29) is 12.4 Å². The molecule has 0 radical (unpaired) electrons. The van der Waals surface area contributed by atoms with Gasteiger partial charge < -0.3 is 10.5 Å². The summed E-state index contributed by atoms with van der Waals surface area (Å²) in [6, 6.07) is 12.9. The van der Waals surface area contributed by atoms with E-state index in [4.69, 9.17) is 10.5 Å². The van der Waals surface area contributed by atoms with Gasteiger partial charge in [0, 0.05) is 12.1 Å². The van der Waals surface area contributed by atoms with Crippen molar-refractivity contribution in [1.82, 2.24) is 0 Å². The third kappa shape index (κ3) is 2.76. The first-order valence-corrected chi connectivity index (χ1v) is 6.52. The first-order valence-electron chi connectivity index (χ1n) is 6.52. The van der Waals surface area contributed by atoms with Crippen LogP contribution in [0.1, 0.15) is 18.4 Å². The predicted octanol–water partition coefficient (Wildman–Crippen LogP) is 3.49. The maximum atomic E-state index is 13.7. The molecular formula is C16H16FNO. The first-order chi connectivity index (χ1) is 9.26. The molecule has 0 atom stereocenters. The highest BCUT2D eigenvalue weighted by atomic mass is 19.1. The fraction of sp³-hybridized carbons (Fsp3) is 0.250. The van der Waals surface area contributed by atoms with Crippen LogP contribution < -0.4 is 10.5 Å². The molecule has 1 saturated carbocycles. The van der Waals surface area contributed by atoms with Crippen molar-refractivity contribution in [2.45, 2.75) is 25.5 Å². The van der Waals surface area contributed by atoms with Crippen LogP contribution in [0.3, 0.4) is 0 Å². The summed E-state index contributed by atoms with van der Waals surface area (Å²) in [6.07, 6.45) is 2.63. The summed E-state index contributed by atoms with van der Waals surface area (Å²) in [5, 5.41) is 0. The summed E-state index contributed by atoms with van der Waals surface area (Å²) in [7, 11) is 0. The molecule has 2 aromatic rings. The Morgan fingerprint density at radius 3 is 2.58 bits per heavy atom. The van der Waals surface area contributed by atoms with Crippen LogP contribution in [-0.2, 0) is 6.54 Å². The second-order valence-electron chi connectivity index (χ2n) is 4.86. The van der Waals surface area contributed by atoms with E-state index >= 15 is 0 Å². The van der Waals surface area contributed by atoms with Crippen LogP contribution in [0.4, 0.5) is 4.39 Å². The van der Waals surface area contributed by atoms with Gasteiger partial charge in [-0.3, -0.25) is 0 Å². The number of benzene rings is 2. The third-order valence-corrected chi connectivity index (χ3v) is 3.27. The number of hydrogen-bond donors (Lipinski definition) is 1. The predicted molar refractivity (Wildman–Crippen MR) is 73.4 cm³/mol. The van der Waals surface area contributed by atoms with Crippen molar-refractivity contribution in [2.24, 2.45) is 5.73 Å². The molecule has 1 fully saturated rings. The molecule has 2 N–H and O–H groups in total.